The molecule has 196 valence electrons. The van der Waals surface area contributed by atoms with Crippen molar-refractivity contribution in [3.05, 3.63) is 132 Å². The van der Waals surface area contributed by atoms with Crippen molar-refractivity contribution in [2.45, 2.75) is 45.3 Å². The monoisotopic (exact) mass is 507 g/mol. The summed E-state index contributed by atoms with van der Waals surface area (Å²) < 4.78 is 11.5. The first kappa shape index (κ1) is 27.2. The fourth-order valence-electron chi connectivity index (χ4n) is 4.43. The molecule has 0 aliphatic carbocycles. The number of ether oxygens (including phenoxy) is 2. The van der Waals surface area contributed by atoms with Gasteiger partial charge in [-0.15, -0.1) is 0 Å². The lowest BCUT2D eigenvalue weighted by Crippen LogP contribution is -2.46. The minimum atomic E-state index is 0.102. The van der Waals surface area contributed by atoms with Gasteiger partial charge in [0.1, 0.15) is 5.75 Å². The highest BCUT2D eigenvalue weighted by Gasteiger charge is 2.38. The highest BCUT2D eigenvalue weighted by atomic mass is 16.5. The van der Waals surface area contributed by atoms with Crippen LogP contribution in [0.4, 0.5) is 5.69 Å². The van der Waals surface area contributed by atoms with Crippen LogP contribution in [0.1, 0.15) is 48.9 Å². The summed E-state index contributed by atoms with van der Waals surface area (Å²) >= 11 is 0. The van der Waals surface area contributed by atoms with Gasteiger partial charge in [0.05, 0.1) is 32.3 Å². The lowest BCUT2D eigenvalue weighted by Gasteiger charge is -2.40. The van der Waals surface area contributed by atoms with Crippen LogP contribution in [0.2, 0.25) is 0 Å². The van der Waals surface area contributed by atoms with Crippen LogP contribution in [0.3, 0.4) is 0 Å². The molecule has 0 bridgehead atoms. The Morgan fingerprint density at radius 3 is 1.95 bits per heavy atom. The largest absolute Gasteiger partial charge is 0.494 e. The maximum absolute atomic E-state index is 12.1. The lowest BCUT2D eigenvalue weighted by atomic mass is 9.93. The number of amides is 1. The lowest BCUT2D eigenvalue weighted by molar-refractivity contribution is -0.124. The number of anilines is 1. The van der Waals surface area contributed by atoms with Gasteiger partial charge in [-0.1, -0.05) is 104 Å². The van der Waals surface area contributed by atoms with Crippen molar-refractivity contribution in [2.24, 2.45) is 0 Å². The van der Waals surface area contributed by atoms with E-state index in [4.69, 9.17) is 9.47 Å². The summed E-state index contributed by atoms with van der Waals surface area (Å²) in [6.45, 7) is 4.12. The number of hydrogen-bond acceptors (Lipinski definition) is 3. The van der Waals surface area contributed by atoms with Gasteiger partial charge >= 0.3 is 0 Å². The summed E-state index contributed by atoms with van der Waals surface area (Å²) in [5.74, 6) is 1.01. The van der Waals surface area contributed by atoms with Gasteiger partial charge in [0.15, 0.2) is 0 Å². The van der Waals surface area contributed by atoms with Crippen LogP contribution in [0.15, 0.2) is 115 Å². The van der Waals surface area contributed by atoms with Gasteiger partial charge in [-0.3, -0.25) is 4.79 Å². The van der Waals surface area contributed by atoms with Crippen LogP contribution in [-0.2, 0) is 22.6 Å². The van der Waals surface area contributed by atoms with Crippen molar-refractivity contribution in [1.82, 2.24) is 0 Å². The highest BCUT2D eigenvalue weighted by Crippen LogP contribution is 2.39. The standard InChI is InChI=1S/C25H25NO3.C9H12/c27-25-18-24(26(25)22-10-5-2-6-11-22)21-12-14-23(15-13-21)29-17-7-16-28-19-20-8-3-1-4-9-20;1-2-6-9-7-4-3-5-8-9/h1-6,8-15,24H,7,16-19H2;3-5,7-8H,2,6H2,1H3. The molecule has 0 spiro atoms. The molecule has 4 aromatic rings. The van der Waals surface area contributed by atoms with Crippen LogP contribution >= 0.6 is 0 Å². The summed E-state index contributed by atoms with van der Waals surface area (Å²) in [5, 5.41) is 0. The molecule has 1 atom stereocenters. The second kappa shape index (κ2) is 14.7. The first-order chi connectivity index (χ1) is 18.7. The number of para-hydroxylation sites is 1. The number of carbonyl (C=O) groups excluding carboxylic acids is 1. The van der Waals surface area contributed by atoms with Gasteiger partial charge < -0.3 is 14.4 Å². The first-order valence-corrected chi connectivity index (χ1v) is 13.5. The van der Waals surface area contributed by atoms with E-state index in [1.54, 1.807) is 0 Å². The minimum absolute atomic E-state index is 0.102. The molecule has 5 rings (SSSR count). The molecule has 0 saturated carbocycles. The Labute approximate surface area is 226 Å². The molecule has 38 heavy (non-hydrogen) atoms. The van der Waals surface area contributed by atoms with Gasteiger partial charge in [0.25, 0.3) is 0 Å². The van der Waals surface area contributed by atoms with E-state index in [0.717, 1.165) is 23.4 Å². The summed E-state index contributed by atoms with van der Waals surface area (Å²) in [4.78, 5) is 14.0. The fourth-order valence-corrected chi connectivity index (χ4v) is 4.43. The van der Waals surface area contributed by atoms with Crippen molar-refractivity contribution >= 4 is 11.6 Å². The normalized spacial score (nSPS) is 14.3. The minimum Gasteiger partial charge on any atom is -0.494 e. The highest BCUT2D eigenvalue weighted by molar-refractivity contribution is 6.01. The Morgan fingerprint density at radius 2 is 1.34 bits per heavy atom. The van der Waals surface area contributed by atoms with Gasteiger partial charge in [0, 0.05) is 12.1 Å². The van der Waals surface area contributed by atoms with Gasteiger partial charge in [-0.05, 0) is 47.4 Å². The molecule has 1 unspecified atom stereocenters. The van der Waals surface area contributed by atoms with Crippen LogP contribution in [-0.4, -0.2) is 19.1 Å². The summed E-state index contributed by atoms with van der Waals surface area (Å²) in [7, 11) is 0. The number of benzene rings is 4. The first-order valence-electron chi connectivity index (χ1n) is 13.5. The van der Waals surface area contributed by atoms with Gasteiger partial charge in [0.2, 0.25) is 5.91 Å². The molecule has 1 amide bonds. The second-order valence-corrected chi connectivity index (χ2v) is 9.36. The fraction of sp³-hybridized carbons (Fsp3) is 0.265. The average Bonchev–Trinajstić information content (AvgIpc) is 2.96. The number of nitrogens with zero attached hydrogens (tertiary/aromatic N) is 1. The summed E-state index contributed by atoms with van der Waals surface area (Å²) in [5.41, 5.74) is 4.71. The average molecular weight is 508 g/mol. The topological polar surface area (TPSA) is 38.8 Å². The third kappa shape index (κ3) is 8.06. The van der Waals surface area contributed by atoms with E-state index in [2.05, 4.69) is 49.4 Å². The molecule has 1 heterocycles. The number of β-lactam (4-membered cyclic amide) rings is 1. The Hall–Kier alpha value is -3.89. The van der Waals surface area contributed by atoms with E-state index in [1.807, 2.05) is 77.7 Å². The Kier molecular flexibility index (Phi) is 10.5. The van der Waals surface area contributed by atoms with Crippen molar-refractivity contribution in [3.63, 3.8) is 0 Å². The number of rotatable bonds is 11. The Morgan fingerprint density at radius 1 is 0.737 bits per heavy atom. The predicted octanol–water partition coefficient (Wildman–Crippen LogP) is 7.79. The van der Waals surface area contributed by atoms with Crippen molar-refractivity contribution in [2.75, 3.05) is 18.1 Å². The molecule has 4 nitrogen and oxygen atoms in total. The molecule has 1 fully saturated rings. The third-order valence-electron chi connectivity index (χ3n) is 6.44. The molecule has 4 aromatic carbocycles. The molecule has 1 aliphatic rings. The molecular formula is C34H37NO3. The van der Waals surface area contributed by atoms with Crippen LogP contribution in [0.5, 0.6) is 5.75 Å². The van der Waals surface area contributed by atoms with E-state index in [1.165, 1.54) is 24.0 Å². The number of carbonyl (C=O) groups is 1. The van der Waals surface area contributed by atoms with E-state index in [9.17, 15) is 4.79 Å². The zero-order valence-electron chi connectivity index (χ0n) is 22.2. The molecule has 1 aliphatic heterocycles. The number of hydrogen-bond donors (Lipinski definition) is 0. The van der Waals surface area contributed by atoms with Gasteiger partial charge in [-0.2, -0.15) is 0 Å². The zero-order valence-corrected chi connectivity index (χ0v) is 22.2. The van der Waals surface area contributed by atoms with Crippen LogP contribution in [0, 0.1) is 0 Å². The van der Waals surface area contributed by atoms with E-state index < -0.39 is 0 Å². The maximum Gasteiger partial charge on any atom is 0.230 e. The maximum atomic E-state index is 12.1. The molecule has 0 aromatic heterocycles. The van der Waals surface area contributed by atoms with Crippen molar-refractivity contribution in [1.29, 1.82) is 0 Å². The molecule has 1 saturated heterocycles. The Bertz CT molecular complexity index is 1210. The van der Waals surface area contributed by atoms with Crippen LogP contribution in [0.25, 0.3) is 0 Å². The summed E-state index contributed by atoms with van der Waals surface area (Å²) in [6, 6.07) is 38.7. The van der Waals surface area contributed by atoms with E-state index in [-0.39, 0.29) is 11.9 Å². The third-order valence-corrected chi connectivity index (χ3v) is 6.44. The summed E-state index contributed by atoms with van der Waals surface area (Å²) in [6.07, 6.45) is 3.84. The Balaban J connectivity index is 0.000000317. The molecule has 4 heteroatoms. The van der Waals surface area contributed by atoms with Gasteiger partial charge in [-0.25, -0.2) is 0 Å². The quantitative estimate of drug-likeness (QED) is 0.154. The number of aryl methyl sites for hydroxylation is 1. The van der Waals surface area contributed by atoms with Crippen molar-refractivity contribution in [3.8, 4) is 5.75 Å². The van der Waals surface area contributed by atoms with Crippen LogP contribution < -0.4 is 9.64 Å². The molecule has 0 N–H and O–H groups in total. The smallest absolute Gasteiger partial charge is 0.230 e. The molecule has 0 radical (unpaired) electrons. The SMILES string of the molecule is CCCc1ccccc1.O=C1CC(c2ccc(OCCCOCc3ccccc3)cc2)N1c1ccccc1. The van der Waals surface area contributed by atoms with Crippen molar-refractivity contribution < 1.29 is 14.3 Å². The second-order valence-electron chi connectivity index (χ2n) is 9.36. The zero-order chi connectivity index (χ0) is 26.4. The van der Waals surface area contributed by atoms with E-state index in [0.29, 0.717) is 26.2 Å². The van der Waals surface area contributed by atoms with E-state index >= 15 is 0 Å². The molecular weight excluding hydrogens is 470 g/mol. The predicted molar refractivity (Wildman–Crippen MR) is 154 cm³/mol.